The van der Waals surface area contributed by atoms with Crippen LogP contribution in [0.3, 0.4) is 0 Å². The highest BCUT2D eigenvalue weighted by molar-refractivity contribution is 6.31. The van der Waals surface area contributed by atoms with E-state index in [0.717, 1.165) is 12.1 Å². The number of carbonyl (C=O) groups excluding carboxylic acids is 2. The summed E-state index contributed by atoms with van der Waals surface area (Å²) in [4.78, 5) is 32.1. The van der Waals surface area contributed by atoms with Gasteiger partial charge in [-0.15, -0.1) is 11.6 Å². The van der Waals surface area contributed by atoms with E-state index in [-0.39, 0.29) is 16.7 Å². The minimum atomic E-state index is -0.750. The summed E-state index contributed by atoms with van der Waals surface area (Å²) in [6.45, 7) is 0. The second-order valence-electron chi connectivity index (χ2n) is 3.00. The number of hydrogen-bond donors (Lipinski definition) is 0. The quantitative estimate of drug-likeness (QED) is 0.267. The number of nitrogens with zero attached hydrogens (tertiary/aromatic N) is 2. The first kappa shape index (κ1) is 12.8. The van der Waals surface area contributed by atoms with Gasteiger partial charge in [0.05, 0.1) is 16.4 Å². The van der Waals surface area contributed by atoms with Gasteiger partial charge in [-0.05, 0) is 0 Å². The van der Waals surface area contributed by atoms with Crippen molar-refractivity contribution < 1.29 is 14.5 Å². The molecule has 0 aliphatic heterocycles. The molecule has 0 amide bonds. The third kappa shape index (κ3) is 2.46. The van der Waals surface area contributed by atoms with E-state index in [1.807, 2.05) is 0 Å². The van der Waals surface area contributed by atoms with Crippen LogP contribution in [0.2, 0.25) is 0 Å². The highest BCUT2D eigenvalue weighted by Gasteiger charge is 2.20. The predicted molar refractivity (Wildman–Crippen MR) is 58.2 cm³/mol. The smallest absolute Gasteiger partial charge is 0.271 e. The van der Waals surface area contributed by atoms with Crippen molar-refractivity contribution in [2.24, 2.45) is 0 Å². The van der Waals surface area contributed by atoms with E-state index in [1.165, 1.54) is 0 Å². The highest BCUT2D eigenvalue weighted by atomic mass is 35.5. The van der Waals surface area contributed by atoms with Gasteiger partial charge >= 0.3 is 0 Å². The van der Waals surface area contributed by atoms with Crippen molar-refractivity contribution in [3.63, 3.8) is 0 Å². The van der Waals surface area contributed by atoms with E-state index in [4.69, 9.17) is 16.9 Å². The largest absolute Gasteiger partial charge is 0.298 e. The Kier molecular flexibility index (Phi) is 3.91. The maximum absolute atomic E-state index is 11.4. The topological polar surface area (TPSA) is 101 Å². The summed E-state index contributed by atoms with van der Waals surface area (Å²) in [5, 5.41) is 19.4. The zero-order valence-electron chi connectivity index (χ0n) is 8.34. The normalized spacial score (nSPS) is 9.41. The van der Waals surface area contributed by atoms with Crippen molar-refractivity contribution in [2.75, 3.05) is 5.88 Å². The molecule has 0 aromatic heterocycles. The summed E-state index contributed by atoms with van der Waals surface area (Å²) in [5.74, 6) is -1.07. The summed E-state index contributed by atoms with van der Waals surface area (Å²) in [7, 11) is 0. The molecule has 17 heavy (non-hydrogen) atoms. The molecule has 86 valence electrons. The average Bonchev–Trinajstić information content (AvgIpc) is 2.35. The maximum Gasteiger partial charge on any atom is 0.271 e. The zero-order chi connectivity index (χ0) is 13.0. The summed E-state index contributed by atoms with van der Waals surface area (Å²) in [6.07, 6.45) is 0.308. The summed E-state index contributed by atoms with van der Waals surface area (Å²) < 4.78 is 0. The van der Waals surface area contributed by atoms with Gasteiger partial charge in [0, 0.05) is 23.3 Å². The molecule has 0 spiro atoms. The van der Waals surface area contributed by atoms with E-state index >= 15 is 0 Å². The number of ketones is 1. The van der Waals surface area contributed by atoms with Gasteiger partial charge in [0.15, 0.2) is 12.1 Å². The summed E-state index contributed by atoms with van der Waals surface area (Å²) >= 11 is 5.32. The monoisotopic (exact) mass is 252 g/mol. The molecule has 0 unspecified atom stereocenters. The fourth-order valence-electron chi connectivity index (χ4n) is 1.27. The zero-order valence-corrected chi connectivity index (χ0v) is 9.10. The van der Waals surface area contributed by atoms with Gasteiger partial charge in [0.25, 0.3) is 5.69 Å². The van der Waals surface area contributed by atoms with E-state index < -0.39 is 22.3 Å². The number of rotatable bonds is 4. The predicted octanol–water partition coefficient (Wildman–Crippen LogP) is 1.70. The van der Waals surface area contributed by atoms with Crippen LogP contribution in [0.15, 0.2) is 12.1 Å². The minimum Gasteiger partial charge on any atom is -0.298 e. The van der Waals surface area contributed by atoms with Crippen LogP contribution in [0.4, 0.5) is 5.69 Å². The Hall–Kier alpha value is -2.26. The summed E-state index contributed by atoms with van der Waals surface area (Å²) in [5.41, 5.74) is -1.03. The summed E-state index contributed by atoms with van der Waals surface area (Å²) in [6, 6.07) is 3.51. The first-order valence-electron chi connectivity index (χ1n) is 4.32. The lowest BCUT2D eigenvalue weighted by molar-refractivity contribution is -0.384. The van der Waals surface area contributed by atoms with Gasteiger partial charge in [0.2, 0.25) is 0 Å². The molecule has 1 rings (SSSR count). The molecule has 0 saturated carbocycles. The molecular weight excluding hydrogens is 248 g/mol. The first-order valence-corrected chi connectivity index (χ1v) is 4.85. The van der Waals surface area contributed by atoms with Crippen LogP contribution in [0.1, 0.15) is 26.3 Å². The molecule has 0 bridgehead atoms. The molecule has 0 atom stereocenters. The number of carbonyl (C=O) groups is 2. The number of non-ortho nitro benzene ring substituents is 1. The second-order valence-corrected chi connectivity index (χ2v) is 3.27. The lowest BCUT2D eigenvalue weighted by atomic mass is 9.99. The number of alkyl halides is 1. The van der Waals surface area contributed by atoms with Crippen LogP contribution < -0.4 is 0 Å². The molecule has 0 aliphatic rings. The van der Waals surface area contributed by atoms with Gasteiger partial charge in [-0.25, -0.2) is 0 Å². The Morgan fingerprint density at radius 2 is 2.24 bits per heavy atom. The van der Waals surface area contributed by atoms with E-state index in [1.54, 1.807) is 6.07 Å². The Balaban J connectivity index is 3.60. The van der Waals surface area contributed by atoms with Crippen LogP contribution in [0.25, 0.3) is 0 Å². The van der Waals surface area contributed by atoms with Crippen molar-refractivity contribution in [3.05, 3.63) is 38.9 Å². The maximum atomic E-state index is 11.4. The number of nitro benzene ring substituents is 1. The van der Waals surface area contributed by atoms with Gasteiger partial charge in [-0.3, -0.25) is 19.7 Å². The molecule has 1 aromatic rings. The van der Waals surface area contributed by atoms with Crippen molar-refractivity contribution in [1.82, 2.24) is 0 Å². The van der Waals surface area contributed by atoms with Crippen molar-refractivity contribution in [1.29, 1.82) is 5.26 Å². The Bertz CT molecular complexity index is 548. The Morgan fingerprint density at radius 3 is 2.65 bits per heavy atom. The fraction of sp³-hybridized carbons (Fsp3) is 0.100. The van der Waals surface area contributed by atoms with Crippen LogP contribution >= 0.6 is 11.6 Å². The number of hydrogen-bond acceptors (Lipinski definition) is 5. The number of nitro groups is 1. The first-order chi connectivity index (χ1) is 8.04. The van der Waals surface area contributed by atoms with E-state index in [0.29, 0.717) is 6.29 Å². The number of nitriles is 1. The van der Waals surface area contributed by atoms with E-state index in [2.05, 4.69) is 0 Å². The van der Waals surface area contributed by atoms with Crippen molar-refractivity contribution in [2.45, 2.75) is 0 Å². The Labute approximate surface area is 101 Å². The highest BCUT2D eigenvalue weighted by Crippen LogP contribution is 2.22. The van der Waals surface area contributed by atoms with Gasteiger partial charge in [-0.1, -0.05) is 0 Å². The average molecular weight is 253 g/mol. The van der Waals surface area contributed by atoms with Crippen molar-refractivity contribution >= 4 is 29.4 Å². The van der Waals surface area contributed by atoms with Gasteiger partial charge in [0.1, 0.15) is 6.07 Å². The minimum absolute atomic E-state index is 0.177. The number of aldehydes is 1. The number of Topliss-reactive ketones (excluding diaryl/α,β-unsaturated/α-hetero) is 1. The van der Waals surface area contributed by atoms with Crippen LogP contribution in [0, 0.1) is 21.4 Å². The van der Waals surface area contributed by atoms with Gasteiger partial charge < -0.3 is 0 Å². The molecular formula is C10H5ClN2O4. The molecule has 0 fully saturated rings. The number of halogens is 1. The molecule has 0 heterocycles. The Morgan fingerprint density at radius 1 is 1.59 bits per heavy atom. The SMILES string of the molecule is N#Cc1cc([N+](=O)[O-])cc(C(=O)CCl)c1C=O. The lowest BCUT2D eigenvalue weighted by Gasteiger charge is -2.03. The molecule has 0 aliphatic carbocycles. The number of benzene rings is 1. The van der Waals surface area contributed by atoms with Crippen LogP contribution in [-0.4, -0.2) is 22.9 Å². The molecule has 6 nitrogen and oxygen atoms in total. The third-order valence-electron chi connectivity index (χ3n) is 2.04. The standard InChI is InChI=1S/C10H5ClN2O4/c11-3-10(15)8-2-7(13(16)17)1-6(4-12)9(8)5-14/h1-2,5H,3H2. The molecule has 7 heteroatoms. The lowest BCUT2D eigenvalue weighted by Crippen LogP contribution is -2.08. The molecule has 0 N–H and O–H groups in total. The van der Waals surface area contributed by atoms with E-state index in [9.17, 15) is 19.7 Å². The van der Waals surface area contributed by atoms with Crippen LogP contribution in [-0.2, 0) is 0 Å². The van der Waals surface area contributed by atoms with Crippen molar-refractivity contribution in [3.8, 4) is 6.07 Å². The van der Waals surface area contributed by atoms with Gasteiger partial charge in [-0.2, -0.15) is 5.26 Å². The molecule has 0 radical (unpaired) electrons. The van der Waals surface area contributed by atoms with Crippen LogP contribution in [0.5, 0.6) is 0 Å². The third-order valence-corrected chi connectivity index (χ3v) is 2.28. The second kappa shape index (κ2) is 5.18. The molecule has 0 saturated heterocycles. The molecule has 1 aromatic carbocycles. The fourth-order valence-corrected chi connectivity index (χ4v) is 1.41.